The molecule has 0 spiro atoms. The van der Waals surface area contributed by atoms with Crippen LogP contribution in [0, 0.1) is 5.82 Å². The van der Waals surface area contributed by atoms with E-state index in [-0.39, 0.29) is 12.4 Å². The molecule has 9 heteroatoms. The van der Waals surface area contributed by atoms with E-state index in [1.54, 1.807) is 55.4 Å². The molecule has 158 valence electrons. The van der Waals surface area contributed by atoms with Crippen LogP contribution in [0.25, 0.3) is 0 Å². The van der Waals surface area contributed by atoms with E-state index in [4.69, 9.17) is 14.2 Å². The number of ether oxygens (including phenoxy) is 3. The monoisotopic (exact) mass is 477 g/mol. The molecule has 2 aromatic carbocycles. The van der Waals surface area contributed by atoms with Gasteiger partial charge in [0.1, 0.15) is 23.4 Å². The number of rotatable bonds is 8. The topological polar surface area (TPSA) is 74.6 Å². The molecule has 0 aliphatic carbocycles. The number of halogens is 2. The van der Waals surface area contributed by atoms with Crippen molar-refractivity contribution in [3.05, 3.63) is 70.5 Å². The maximum atomic E-state index is 13.9. The van der Waals surface area contributed by atoms with Crippen molar-refractivity contribution >= 4 is 21.8 Å². The maximum Gasteiger partial charge on any atom is 0.258 e. The third-order valence-corrected chi connectivity index (χ3v) is 4.88. The molecule has 1 unspecified atom stereocenters. The van der Waals surface area contributed by atoms with E-state index < -0.39 is 17.8 Å². The van der Waals surface area contributed by atoms with Crippen LogP contribution < -0.4 is 19.5 Å². The van der Waals surface area contributed by atoms with Crippen molar-refractivity contribution in [3.63, 3.8) is 0 Å². The van der Waals surface area contributed by atoms with Crippen molar-refractivity contribution in [1.29, 1.82) is 0 Å². The molecule has 1 heterocycles. The quantitative estimate of drug-likeness (QED) is 0.536. The smallest absolute Gasteiger partial charge is 0.258 e. The summed E-state index contributed by atoms with van der Waals surface area (Å²) in [6, 6.07) is 9.08. The van der Waals surface area contributed by atoms with Gasteiger partial charge in [-0.1, -0.05) is 15.9 Å². The van der Waals surface area contributed by atoms with Gasteiger partial charge in [0.2, 0.25) is 0 Å². The minimum atomic E-state index is -0.597. The largest absolute Gasteiger partial charge is 0.497 e. The Morgan fingerprint density at radius 3 is 2.47 bits per heavy atom. The number of carbonyl (C=O) groups is 1. The summed E-state index contributed by atoms with van der Waals surface area (Å²) >= 11 is 3.18. The number of hydrogen-bond acceptors (Lipinski definition) is 5. The molecule has 1 atom stereocenters. The van der Waals surface area contributed by atoms with Crippen LogP contribution in [0.1, 0.15) is 17.4 Å². The fourth-order valence-corrected chi connectivity index (χ4v) is 3.22. The molecule has 0 saturated heterocycles. The number of imidazole rings is 1. The van der Waals surface area contributed by atoms with Crippen LogP contribution in [-0.2, 0) is 11.8 Å². The standard InChI is InChI=1S/C21H21BrFN3O4/c1-26-7-6-24-21(26)20(13-8-15(28-2)11-16(9-13)29-3)25-19(27)12-30-18-5-4-14(22)10-17(18)23/h4-11,20H,12H2,1-3H3,(H,25,27). The van der Waals surface area contributed by atoms with Gasteiger partial charge in [-0.2, -0.15) is 0 Å². The first-order valence-corrected chi connectivity index (χ1v) is 9.78. The third kappa shape index (κ3) is 5.10. The van der Waals surface area contributed by atoms with Crippen LogP contribution in [-0.4, -0.2) is 36.3 Å². The average Bonchev–Trinajstić information content (AvgIpc) is 3.16. The zero-order valence-corrected chi connectivity index (χ0v) is 18.3. The second-order valence-electron chi connectivity index (χ2n) is 6.41. The Bertz CT molecular complexity index is 1020. The van der Waals surface area contributed by atoms with Gasteiger partial charge >= 0.3 is 0 Å². The zero-order chi connectivity index (χ0) is 21.7. The highest BCUT2D eigenvalue weighted by Gasteiger charge is 2.23. The van der Waals surface area contributed by atoms with Crippen LogP contribution in [0.5, 0.6) is 17.2 Å². The van der Waals surface area contributed by atoms with Gasteiger partial charge in [-0.15, -0.1) is 0 Å². The second-order valence-corrected chi connectivity index (χ2v) is 7.32. The number of aromatic nitrogens is 2. The van der Waals surface area contributed by atoms with Crippen molar-refractivity contribution in [2.24, 2.45) is 7.05 Å². The third-order valence-electron chi connectivity index (χ3n) is 4.38. The highest BCUT2D eigenvalue weighted by Crippen LogP contribution is 2.29. The molecular formula is C21H21BrFN3O4. The Balaban J connectivity index is 1.83. The van der Waals surface area contributed by atoms with Crippen molar-refractivity contribution in [3.8, 4) is 17.2 Å². The van der Waals surface area contributed by atoms with E-state index in [0.717, 1.165) is 0 Å². The summed E-state index contributed by atoms with van der Waals surface area (Å²) in [6.07, 6.45) is 3.42. The Hall–Kier alpha value is -3.07. The Labute approximate surface area is 181 Å². The highest BCUT2D eigenvalue weighted by atomic mass is 79.9. The Kier molecular flexibility index (Phi) is 6.94. The molecule has 0 aliphatic heterocycles. The lowest BCUT2D eigenvalue weighted by Gasteiger charge is -2.20. The zero-order valence-electron chi connectivity index (χ0n) is 16.7. The number of aryl methyl sites for hydroxylation is 1. The van der Waals surface area contributed by atoms with E-state index in [9.17, 15) is 9.18 Å². The van der Waals surface area contributed by atoms with Gasteiger partial charge in [0.15, 0.2) is 18.2 Å². The maximum absolute atomic E-state index is 13.9. The van der Waals surface area contributed by atoms with E-state index in [0.29, 0.717) is 27.4 Å². The first-order valence-electron chi connectivity index (χ1n) is 8.98. The highest BCUT2D eigenvalue weighted by molar-refractivity contribution is 9.10. The number of benzene rings is 2. The van der Waals surface area contributed by atoms with Crippen LogP contribution in [0.3, 0.4) is 0 Å². The fraction of sp³-hybridized carbons (Fsp3) is 0.238. The average molecular weight is 478 g/mol. The summed E-state index contributed by atoms with van der Waals surface area (Å²) in [4.78, 5) is 17.0. The van der Waals surface area contributed by atoms with Crippen LogP contribution in [0.15, 0.2) is 53.3 Å². The van der Waals surface area contributed by atoms with Crippen molar-refractivity contribution < 1.29 is 23.4 Å². The first-order chi connectivity index (χ1) is 14.4. The van der Waals surface area contributed by atoms with E-state index in [1.807, 2.05) is 7.05 Å². The van der Waals surface area contributed by atoms with Gasteiger partial charge in [0.25, 0.3) is 5.91 Å². The molecule has 1 aromatic heterocycles. The normalized spacial score (nSPS) is 11.6. The number of methoxy groups -OCH3 is 2. The summed E-state index contributed by atoms with van der Waals surface area (Å²) < 4.78 is 32.3. The number of carbonyl (C=O) groups excluding carboxylic acids is 1. The molecule has 7 nitrogen and oxygen atoms in total. The molecule has 3 aromatic rings. The minimum Gasteiger partial charge on any atom is -0.497 e. The summed E-state index contributed by atoms with van der Waals surface area (Å²) in [5.41, 5.74) is 0.712. The van der Waals surface area contributed by atoms with Crippen LogP contribution in [0.4, 0.5) is 4.39 Å². The predicted molar refractivity (Wildman–Crippen MR) is 112 cm³/mol. The van der Waals surface area contributed by atoms with Crippen molar-refractivity contribution in [2.75, 3.05) is 20.8 Å². The number of nitrogens with zero attached hydrogens (tertiary/aromatic N) is 2. The molecule has 1 amide bonds. The SMILES string of the molecule is COc1cc(OC)cc(C(NC(=O)COc2ccc(Br)cc2F)c2nccn2C)c1. The fourth-order valence-electron chi connectivity index (χ4n) is 2.89. The summed E-state index contributed by atoms with van der Waals surface area (Å²) in [5.74, 6) is 0.748. The second kappa shape index (κ2) is 9.62. The summed E-state index contributed by atoms with van der Waals surface area (Å²) in [7, 11) is 4.92. The van der Waals surface area contributed by atoms with Crippen molar-refractivity contribution in [2.45, 2.75) is 6.04 Å². The van der Waals surface area contributed by atoms with E-state index >= 15 is 0 Å². The molecule has 0 saturated carbocycles. The molecule has 0 bridgehead atoms. The molecule has 0 radical (unpaired) electrons. The lowest BCUT2D eigenvalue weighted by Crippen LogP contribution is -2.34. The number of hydrogen-bond donors (Lipinski definition) is 1. The van der Waals surface area contributed by atoms with Gasteiger partial charge in [-0.25, -0.2) is 9.37 Å². The Morgan fingerprint density at radius 2 is 1.90 bits per heavy atom. The number of amides is 1. The number of nitrogens with one attached hydrogen (secondary N) is 1. The lowest BCUT2D eigenvalue weighted by atomic mass is 10.0. The predicted octanol–water partition coefficient (Wildman–Crippen LogP) is 3.62. The van der Waals surface area contributed by atoms with Crippen molar-refractivity contribution in [1.82, 2.24) is 14.9 Å². The van der Waals surface area contributed by atoms with Gasteiger partial charge < -0.3 is 24.1 Å². The van der Waals surface area contributed by atoms with Crippen LogP contribution in [0.2, 0.25) is 0 Å². The minimum absolute atomic E-state index is 0.00931. The van der Waals surface area contributed by atoms with E-state index in [2.05, 4.69) is 26.2 Å². The molecular weight excluding hydrogens is 457 g/mol. The molecule has 1 N–H and O–H groups in total. The molecule has 0 fully saturated rings. The van der Waals surface area contributed by atoms with Gasteiger partial charge in [-0.05, 0) is 35.9 Å². The molecule has 0 aliphatic rings. The van der Waals surface area contributed by atoms with Gasteiger partial charge in [0.05, 0.1) is 14.2 Å². The van der Waals surface area contributed by atoms with Gasteiger partial charge in [-0.3, -0.25) is 4.79 Å². The lowest BCUT2D eigenvalue weighted by molar-refractivity contribution is -0.123. The molecule has 30 heavy (non-hydrogen) atoms. The van der Waals surface area contributed by atoms with Crippen LogP contribution >= 0.6 is 15.9 Å². The summed E-state index contributed by atoms with van der Waals surface area (Å²) in [6.45, 7) is -0.361. The first kappa shape index (κ1) is 21.6. The molecule has 3 rings (SSSR count). The van der Waals surface area contributed by atoms with Gasteiger partial charge in [0, 0.05) is 30.0 Å². The summed E-state index contributed by atoms with van der Waals surface area (Å²) in [5, 5.41) is 2.89. The Morgan fingerprint density at radius 1 is 1.20 bits per heavy atom. The van der Waals surface area contributed by atoms with E-state index in [1.165, 1.54) is 12.1 Å².